The third kappa shape index (κ3) is 6.35. The van der Waals surface area contributed by atoms with E-state index in [9.17, 15) is 8.78 Å². The van der Waals surface area contributed by atoms with E-state index in [-0.39, 0.29) is 12.2 Å². The minimum absolute atomic E-state index is 0.284. The number of fused-ring (bicyclic) bond motifs is 1. The Hall–Kier alpha value is -3.12. The minimum Gasteiger partial charge on any atom is -0.490 e. The van der Waals surface area contributed by atoms with Gasteiger partial charge in [-0.3, -0.25) is 0 Å². The standard InChI is InChI=1S/C29H28ClF3N2O/c1-2-3-4-5-6-13-36-23-17-34-29(35-18-23)22-11-12-24-21(16-22)10-9-20(28(24)33)8-7-19-14-25(31)27(30)26(32)15-19/h9-12,14-18H,2-8,13H2,1H3. The van der Waals surface area contributed by atoms with Gasteiger partial charge < -0.3 is 4.74 Å². The van der Waals surface area contributed by atoms with Crippen molar-refractivity contribution in [1.82, 2.24) is 9.97 Å². The monoisotopic (exact) mass is 512 g/mol. The molecule has 0 aliphatic heterocycles. The summed E-state index contributed by atoms with van der Waals surface area (Å²) >= 11 is 5.54. The van der Waals surface area contributed by atoms with E-state index in [1.54, 1.807) is 30.6 Å². The van der Waals surface area contributed by atoms with Gasteiger partial charge in [-0.1, -0.05) is 68.5 Å². The SMILES string of the molecule is CCCCCCCOc1cnc(-c2ccc3c(F)c(CCc4cc(F)c(Cl)c(F)c4)ccc3c2)nc1. The van der Waals surface area contributed by atoms with Crippen LogP contribution in [-0.2, 0) is 12.8 Å². The van der Waals surface area contributed by atoms with Gasteiger partial charge in [0, 0.05) is 10.9 Å². The van der Waals surface area contributed by atoms with E-state index in [0.717, 1.165) is 18.4 Å². The molecule has 0 atom stereocenters. The second kappa shape index (κ2) is 12.2. The quantitative estimate of drug-likeness (QED) is 0.149. The second-order valence-electron chi connectivity index (χ2n) is 8.85. The van der Waals surface area contributed by atoms with Gasteiger partial charge in [0.05, 0.1) is 19.0 Å². The molecule has 188 valence electrons. The summed E-state index contributed by atoms with van der Waals surface area (Å²) < 4.78 is 48.3. The van der Waals surface area contributed by atoms with Gasteiger partial charge in [0.1, 0.15) is 22.5 Å². The van der Waals surface area contributed by atoms with Crippen LogP contribution in [0.25, 0.3) is 22.2 Å². The molecular formula is C29H28ClF3N2O. The highest BCUT2D eigenvalue weighted by Gasteiger charge is 2.12. The molecule has 0 unspecified atom stereocenters. The molecule has 0 aliphatic rings. The molecule has 0 aliphatic carbocycles. The molecule has 0 amide bonds. The summed E-state index contributed by atoms with van der Waals surface area (Å²) in [5, 5.41) is 0.650. The third-order valence-electron chi connectivity index (χ3n) is 6.16. The molecule has 4 rings (SSSR count). The van der Waals surface area contributed by atoms with Crippen LogP contribution in [0.1, 0.15) is 50.2 Å². The molecule has 4 aromatic rings. The summed E-state index contributed by atoms with van der Waals surface area (Å²) in [4.78, 5) is 8.81. The van der Waals surface area contributed by atoms with Crippen molar-refractivity contribution in [3.05, 3.63) is 88.5 Å². The lowest BCUT2D eigenvalue weighted by Crippen LogP contribution is -1.99. The first-order chi connectivity index (χ1) is 17.5. The molecule has 0 fully saturated rings. The first-order valence-electron chi connectivity index (χ1n) is 12.3. The average Bonchev–Trinajstić information content (AvgIpc) is 2.89. The zero-order valence-electron chi connectivity index (χ0n) is 20.2. The molecule has 1 aromatic heterocycles. The van der Waals surface area contributed by atoms with Gasteiger partial charge in [-0.05, 0) is 54.0 Å². The van der Waals surface area contributed by atoms with E-state index in [1.165, 1.54) is 31.4 Å². The predicted octanol–water partition coefficient (Wildman–Crippen LogP) is 8.50. The van der Waals surface area contributed by atoms with Crippen LogP contribution in [0.2, 0.25) is 5.02 Å². The smallest absolute Gasteiger partial charge is 0.159 e. The van der Waals surface area contributed by atoms with Gasteiger partial charge in [0.2, 0.25) is 0 Å². The van der Waals surface area contributed by atoms with Crippen LogP contribution in [0, 0.1) is 17.5 Å². The van der Waals surface area contributed by atoms with Gasteiger partial charge in [-0.2, -0.15) is 0 Å². The number of unbranched alkanes of at least 4 members (excludes halogenated alkanes) is 4. The molecule has 3 nitrogen and oxygen atoms in total. The highest BCUT2D eigenvalue weighted by Crippen LogP contribution is 2.28. The highest BCUT2D eigenvalue weighted by atomic mass is 35.5. The van der Waals surface area contributed by atoms with Crippen LogP contribution < -0.4 is 4.74 Å². The molecular weight excluding hydrogens is 485 g/mol. The van der Waals surface area contributed by atoms with Gasteiger partial charge in [0.15, 0.2) is 11.6 Å². The van der Waals surface area contributed by atoms with Gasteiger partial charge in [-0.25, -0.2) is 23.1 Å². The zero-order chi connectivity index (χ0) is 25.5. The van der Waals surface area contributed by atoms with Crippen molar-refractivity contribution in [3.63, 3.8) is 0 Å². The topological polar surface area (TPSA) is 35.0 Å². The molecule has 0 saturated heterocycles. The molecule has 0 bridgehead atoms. The van der Waals surface area contributed by atoms with Gasteiger partial charge in [0.25, 0.3) is 0 Å². The maximum absolute atomic E-state index is 15.2. The molecule has 0 N–H and O–H groups in total. The zero-order valence-corrected chi connectivity index (χ0v) is 20.9. The van der Waals surface area contributed by atoms with Gasteiger partial charge >= 0.3 is 0 Å². The number of aryl methyl sites for hydroxylation is 2. The summed E-state index contributed by atoms with van der Waals surface area (Å²) in [7, 11) is 0. The van der Waals surface area contributed by atoms with E-state index in [2.05, 4.69) is 16.9 Å². The fourth-order valence-electron chi connectivity index (χ4n) is 4.14. The van der Waals surface area contributed by atoms with Crippen LogP contribution in [0.3, 0.4) is 0 Å². The molecule has 7 heteroatoms. The Morgan fingerprint density at radius 2 is 1.56 bits per heavy atom. The van der Waals surface area contributed by atoms with Crippen LogP contribution in [0.15, 0.2) is 54.9 Å². The van der Waals surface area contributed by atoms with E-state index in [4.69, 9.17) is 16.3 Å². The van der Waals surface area contributed by atoms with E-state index in [1.807, 2.05) is 12.1 Å². The Balaban J connectivity index is 1.41. The number of rotatable bonds is 11. The van der Waals surface area contributed by atoms with Crippen molar-refractivity contribution >= 4 is 22.4 Å². The van der Waals surface area contributed by atoms with Crippen molar-refractivity contribution in [2.45, 2.75) is 51.9 Å². The first kappa shape index (κ1) is 26.0. The summed E-state index contributed by atoms with van der Waals surface area (Å²) in [6.07, 6.45) is 9.75. The minimum atomic E-state index is -0.817. The van der Waals surface area contributed by atoms with Crippen molar-refractivity contribution < 1.29 is 17.9 Å². The normalized spacial score (nSPS) is 11.2. The number of nitrogens with zero attached hydrogens (tertiary/aromatic N) is 2. The van der Waals surface area contributed by atoms with E-state index in [0.29, 0.717) is 46.5 Å². The fraction of sp³-hybridized carbons (Fsp3) is 0.310. The van der Waals surface area contributed by atoms with Crippen molar-refractivity contribution in [2.24, 2.45) is 0 Å². The lowest BCUT2D eigenvalue weighted by atomic mass is 9.99. The number of ether oxygens (including phenoxy) is 1. The van der Waals surface area contributed by atoms with Crippen molar-refractivity contribution in [2.75, 3.05) is 6.61 Å². The lowest BCUT2D eigenvalue weighted by Gasteiger charge is -2.10. The Bertz CT molecular complexity index is 1310. The Morgan fingerprint density at radius 3 is 2.28 bits per heavy atom. The second-order valence-corrected chi connectivity index (χ2v) is 9.23. The summed E-state index contributed by atoms with van der Waals surface area (Å²) in [5.74, 6) is -0.822. The van der Waals surface area contributed by atoms with E-state index < -0.39 is 16.7 Å². The Kier molecular flexibility index (Phi) is 8.81. The van der Waals surface area contributed by atoms with Crippen molar-refractivity contribution in [1.29, 1.82) is 0 Å². The highest BCUT2D eigenvalue weighted by molar-refractivity contribution is 6.30. The van der Waals surface area contributed by atoms with Gasteiger partial charge in [-0.15, -0.1) is 0 Å². The van der Waals surface area contributed by atoms with E-state index >= 15 is 4.39 Å². The number of hydrogen-bond acceptors (Lipinski definition) is 3. The molecule has 1 heterocycles. The number of hydrogen-bond donors (Lipinski definition) is 0. The third-order valence-corrected chi connectivity index (χ3v) is 6.52. The maximum Gasteiger partial charge on any atom is 0.159 e. The first-order valence-corrected chi connectivity index (χ1v) is 12.6. The largest absolute Gasteiger partial charge is 0.490 e. The number of halogens is 4. The molecule has 36 heavy (non-hydrogen) atoms. The average molecular weight is 513 g/mol. The summed E-state index contributed by atoms with van der Waals surface area (Å²) in [6.45, 7) is 2.84. The number of benzene rings is 3. The fourth-order valence-corrected chi connectivity index (χ4v) is 4.25. The lowest BCUT2D eigenvalue weighted by molar-refractivity contribution is 0.302. The predicted molar refractivity (Wildman–Crippen MR) is 138 cm³/mol. The van der Waals surface area contributed by atoms with Crippen molar-refractivity contribution in [3.8, 4) is 17.1 Å². The molecule has 3 aromatic carbocycles. The molecule has 0 radical (unpaired) electrons. The number of aromatic nitrogens is 2. The molecule has 0 spiro atoms. The summed E-state index contributed by atoms with van der Waals surface area (Å²) in [6, 6.07) is 11.2. The molecule has 0 saturated carbocycles. The van der Waals surface area contributed by atoms with Crippen LogP contribution in [0.5, 0.6) is 5.75 Å². The van der Waals surface area contributed by atoms with Crippen LogP contribution in [0.4, 0.5) is 13.2 Å². The Labute approximate surface area is 214 Å². The van der Waals surface area contributed by atoms with Crippen LogP contribution >= 0.6 is 11.6 Å². The summed E-state index contributed by atoms with van der Waals surface area (Å²) in [5.41, 5.74) is 1.66. The van der Waals surface area contributed by atoms with Crippen LogP contribution in [-0.4, -0.2) is 16.6 Å². The Morgan fingerprint density at radius 1 is 0.833 bits per heavy atom. The maximum atomic E-state index is 15.2.